The van der Waals surface area contributed by atoms with Crippen molar-refractivity contribution in [2.45, 2.75) is 32.7 Å². The van der Waals surface area contributed by atoms with Gasteiger partial charge in [-0.1, -0.05) is 6.92 Å². The summed E-state index contributed by atoms with van der Waals surface area (Å²) in [6, 6.07) is 0.279. The quantitative estimate of drug-likeness (QED) is 0.564. The van der Waals surface area contributed by atoms with Gasteiger partial charge < -0.3 is 15.4 Å². The van der Waals surface area contributed by atoms with Crippen molar-refractivity contribution in [3.05, 3.63) is 0 Å². The molecule has 0 rings (SSSR count). The van der Waals surface area contributed by atoms with Gasteiger partial charge in [0.2, 0.25) is 5.91 Å². The summed E-state index contributed by atoms with van der Waals surface area (Å²) in [6.07, 6.45) is 1.51. The molecule has 0 aromatic heterocycles. The average Bonchev–Trinajstić information content (AvgIpc) is 2.17. The van der Waals surface area contributed by atoms with Crippen LogP contribution >= 0.6 is 0 Å². The van der Waals surface area contributed by atoms with Crippen LogP contribution in [0.5, 0.6) is 0 Å². The molecule has 0 aliphatic carbocycles. The number of rotatable bonds is 8. The molecule has 4 heteroatoms. The predicted molar refractivity (Wildman–Crippen MR) is 57.3 cm³/mol. The zero-order chi connectivity index (χ0) is 10.8. The second-order valence-corrected chi connectivity index (χ2v) is 3.37. The number of methoxy groups -OCH3 is 1. The summed E-state index contributed by atoms with van der Waals surface area (Å²) < 4.78 is 4.87. The van der Waals surface area contributed by atoms with E-state index in [1.807, 2.05) is 6.92 Å². The standard InChI is InChI=1S/C10H22N2O2/c1-4-9(2)12-10(13)5-6-11-7-8-14-3/h9,11H,4-8H2,1-3H3,(H,12,13). The summed E-state index contributed by atoms with van der Waals surface area (Å²) in [4.78, 5) is 11.3. The molecule has 1 unspecified atom stereocenters. The molecule has 0 saturated heterocycles. The zero-order valence-electron chi connectivity index (χ0n) is 9.43. The molecule has 84 valence electrons. The van der Waals surface area contributed by atoms with E-state index < -0.39 is 0 Å². The van der Waals surface area contributed by atoms with E-state index in [-0.39, 0.29) is 11.9 Å². The lowest BCUT2D eigenvalue weighted by atomic mass is 10.2. The highest BCUT2D eigenvalue weighted by molar-refractivity contribution is 5.76. The van der Waals surface area contributed by atoms with Gasteiger partial charge in [-0.05, 0) is 13.3 Å². The third-order valence-corrected chi connectivity index (χ3v) is 2.03. The normalized spacial score (nSPS) is 12.5. The summed E-state index contributed by atoms with van der Waals surface area (Å²) in [5.41, 5.74) is 0. The minimum absolute atomic E-state index is 0.115. The smallest absolute Gasteiger partial charge is 0.221 e. The van der Waals surface area contributed by atoms with Crippen LogP contribution in [0.1, 0.15) is 26.7 Å². The van der Waals surface area contributed by atoms with Gasteiger partial charge in [0.15, 0.2) is 0 Å². The first kappa shape index (κ1) is 13.4. The number of amides is 1. The van der Waals surface area contributed by atoms with Gasteiger partial charge in [-0.25, -0.2) is 0 Å². The third-order valence-electron chi connectivity index (χ3n) is 2.03. The van der Waals surface area contributed by atoms with Gasteiger partial charge in [-0.3, -0.25) is 4.79 Å². The Morgan fingerprint density at radius 2 is 2.14 bits per heavy atom. The van der Waals surface area contributed by atoms with Crippen LogP contribution < -0.4 is 10.6 Å². The van der Waals surface area contributed by atoms with Gasteiger partial charge in [0.25, 0.3) is 0 Å². The average molecular weight is 202 g/mol. The molecular formula is C10H22N2O2. The van der Waals surface area contributed by atoms with Crippen molar-refractivity contribution >= 4 is 5.91 Å². The van der Waals surface area contributed by atoms with Crippen molar-refractivity contribution in [3.8, 4) is 0 Å². The SMILES string of the molecule is CCC(C)NC(=O)CCNCCOC. The topological polar surface area (TPSA) is 50.4 Å². The fourth-order valence-corrected chi connectivity index (χ4v) is 0.950. The maximum atomic E-state index is 11.3. The second kappa shape index (κ2) is 8.97. The van der Waals surface area contributed by atoms with Crippen LogP contribution in [0.25, 0.3) is 0 Å². The second-order valence-electron chi connectivity index (χ2n) is 3.37. The number of carbonyl (C=O) groups is 1. The summed E-state index contributed by atoms with van der Waals surface area (Å²) in [6.45, 7) is 6.27. The van der Waals surface area contributed by atoms with Crippen molar-refractivity contribution in [2.24, 2.45) is 0 Å². The Morgan fingerprint density at radius 3 is 2.71 bits per heavy atom. The van der Waals surface area contributed by atoms with E-state index in [4.69, 9.17) is 4.74 Å². The number of carbonyl (C=O) groups excluding carboxylic acids is 1. The molecule has 0 spiro atoms. The first-order valence-electron chi connectivity index (χ1n) is 5.19. The Kier molecular flexibility index (Phi) is 8.57. The maximum absolute atomic E-state index is 11.3. The molecule has 0 aliphatic rings. The van der Waals surface area contributed by atoms with Crippen molar-refractivity contribution < 1.29 is 9.53 Å². The Balaban J connectivity index is 3.27. The lowest BCUT2D eigenvalue weighted by Crippen LogP contribution is -2.34. The third kappa shape index (κ3) is 8.01. The van der Waals surface area contributed by atoms with Crippen LogP contribution in [-0.4, -0.2) is 38.8 Å². The zero-order valence-corrected chi connectivity index (χ0v) is 9.43. The van der Waals surface area contributed by atoms with Crippen LogP contribution in [0, 0.1) is 0 Å². The Bertz CT molecular complexity index is 151. The molecule has 1 amide bonds. The summed E-state index contributed by atoms with van der Waals surface area (Å²) >= 11 is 0. The van der Waals surface area contributed by atoms with Gasteiger partial charge in [-0.15, -0.1) is 0 Å². The van der Waals surface area contributed by atoms with E-state index in [1.54, 1.807) is 7.11 Å². The molecule has 14 heavy (non-hydrogen) atoms. The van der Waals surface area contributed by atoms with Crippen molar-refractivity contribution in [3.63, 3.8) is 0 Å². The number of nitrogens with one attached hydrogen (secondary N) is 2. The Labute approximate surface area is 86.4 Å². The molecule has 2 N–H and O–H groups in total. The van der Waals surface area contributed by atoms with Crippen LogP contribution in [0.4, 0.5) is 0 Å². The molecule has 0 bridgehead atoms. The molecule has 0 fully saturated rings. The van der Waals surface area contributed by atoms with Crippen molar-refractivity contribution in [1.82, 2.24) is 10.6 Å². The summed E-state index contributed by atoms with van der Waals surface area (Å²) in [5.74, 6) is 0.115. The molecule has 0 radical (unpaired) electrons. The van der Waals surface area contributed by atoms with E-state index in [0.29, 0.717) is 19.6 Å². The molecule has 0 aliphatic heterocycles. The minimum atomic E-state index is 0.115. The fourth-order valence-electron chi connectivity index (χ4n) is 0.950. The van der Waals surface area contributed by atoms with E-state index in [1.165, 1.54) is 0 Å². The van der Waals surface area contributed by atoms with E-state index in [0.717, 1.165) is 13.0 Å². The lowest BCUT2D eigenvalue weighted by Gasteiger charge is -2.11. The number of ether oxygens (including phenoxy) is 1. The molecule has 0 aromatic rings. The molecule has 4 nitrogen and oxygen atoms in total. The molecule has 1 atom stereocenters. The molecular weight excluding hydrogens is 180 g/mol. The largest absolute Gasteiger partial charge is 0.383 e. The van der Waals surface area contributed by atoms with Gasteiger partial charge >= 0.3 is 0 Å². The monoisotopic (exact) mass is 202 g/mol. The highest BCUT2D eigenvalue weighted by Gasteiger charge is 2.03. The first-order chi connectivity index (χ1) is 6.70. The van der Waals surface area contributed by atoms with Gasteiger partial charge in [-0.2, -0.15) is 0 Å². The molecule has 0 saturated carbocycles. The summed E-state index contributed by atoms with van der Waals surface area (Å²) in [7, 11) is 1.66. The van der Waals surface area contributed by atoms with Crippen molar-refractivity contribution in [2.75, 3.05) is 26.8 Å². The highest BCUT2D eigenvalue weighted by atomic mass is 16.5. The number of hydrogen-bond donors (Lipinski definition) is 2. The van der Waals surface area contributed by atoms with E-state index >= 15 is 0 Å². The molecule has 0 aromatic carbocycles. The van der Waals surface area contributed by atoms with E-state index in [9.17, 15) is 4.79 Å². The van der Waals surface area contributed by atoms with Crippen LogP contribution in [0.15, 0.2) is 0 Å². The van der Waals surface area contributed by atoms with Crippen LogP contribution in [-0.2, 0) is 9.53 Å². The maximum Gasteiger partial charge on any atom is 0.221 e. The predicted octanol–water partition coefficient (Wildman–Crippen LogP) is 0.527. The van der Waals surface area contributed by atoms with E-state index in [2.05, 4.69) is 17.6 Å². The van der Waals surface area contributed by atoms with Gasteiger partial charge in [0.1, 0.15) is 0 Å². The van der Waals surface area contributed by atoms with Crippen LogP contribution in [0.2, 0.25) is 0 Å². The number of hydrogen-bond acceptors (Lipinski definition) is 3. The highest BCUT2D eigenvalue weighted by Crippen LogP contribution is 1.88. The minimum Gasteiger partial charge on any atom is -0.383 e. The van der Waals surface area contributed by atoms with Crippen LogP contribution in [0.3, 0.4) is 0 Å². The van der Waals surface area contributed by atoms with Crippen molar-refractivity contribution in [1.29, 1.82) is 0 Å². The Morgan fingerprint density at radius 1 is 1.43 bits per heavy atom. The lowest BCUT2D eigenvalue weighted by molar-refractivity contribution is -0.121. The fraction of sp³-hybridized carbons (Fsp3) is 0.900. The molecule has 0 heterocycles. The summed E-state index contributed by atoms with van der Waals surface area (Å²) in [5, 5.41) is 6.03. The van der Waals surface area contributed by atoms with Gasteiger partial charge in [0, 0.05) is 32.7 Å². The van der Waals surface area contributed by atoms with Gasteiger partial charge in [0.05, 0.1) is 6.61 Å². The first-order valence-corrected chi connectivity index (χ1v) is 5.19. The Hall–Kier alpha value is -0.610.